The van der Waals surface area contributed by atoms with Gasteiger partial charge in [0, 0.05) is 17.8 Å². The molecule has 1 aliphatic heterocycles. The van der Waals surface area contributed by atoms with Gasteiger partial charge in [-0.2, -0.15) is 0 Å². The van der Waals surface area contributed by atoms with Gasteiger partial charge in [0.1, 0.15) is 5.82 Å². The van der Waals surface area contributed by atoms with E-state index in [0.717, 1.165) is 24.1 Å². The van der Waals surface area contributed by atoms with E-state index in [0.29, 0.717) is 12.1 Å². The summed E-state index contributed by atoms with van der Waals surface area (Å²) in [5.41, 5.74) is 2.74. The number of amides is 2. The van der Waals surface area contributed by atoms with Crippen LogP contribution in [0.1, 0.15) is 27.9 Å². The Morgan fingerprint density at radius 2 is 2.00 bits per heavy atom. The Morgan fingerprint density at radius 1 is 1.21 bits per heavy atom. The Hall–Kier alpha value is -2.69. The number of benzene rings is 2. The highest BCUT2D eigenvalue weighted by Gasteiger charge is 2.22. The number of aryl methyl sites for hydroxylation is 2. The molecule has 2 aromatic carbocycles. The molecule has 0 radical (unpaired) electrons. The van der Waals surface area contributed by atoms with E-state index >= 15 is 0 Å². The van der Waals surface area contributed by atoms with Crippen LogP contribution in [0.4, 0.5) is 10.1 Å². The second-order valence-corrected chi connectivity index (χ2v) is 5.92. The number of nitrogens with one attached hydrogen (secondary N) is 1. The number of nitrogens with zero attached hydrogens (tertiary/aromatic N) is 1. The van der Waals surface area contributed by atoms with Crippen molar-refractivity contribution >= 4 is 17.5 Å². The highest BCUT2D eigenvalue weighted by molar-refractivity contribution is 6.00. The van der Waals surface area contributed by atoms with Crippen molar-refractivity contribution in [3.8, 4) is 0 Å². The minimum atomic E-state index is -0.451. The Morgan fingerprint density at radius 3 is 2.79 bits per heavy atom. The zero-order chi connectivity index (χ0) is 17.1. The zero-order valence-corrected chi connectivity index (χ0v) is 13.5. The third-order valence-corrected chi connectivity index (χ3v) is 4.25. The second kappa shape index (κ2) is 6.83. The summed E-state index contributed by atoms with van der Waals surface area (Å²) < 4.78 is 13.5. The minimum absolute atomic E-state index is 0.108. The third-order valence-electron chi connectivity index (χ3n) is 4.25. The molecule has 0 bridgehead atoms. The molecule has 1 heterocycles. The summed E-state index contributed by atoms with van der Waals surface area (Å²) >= 11 is 0. The van der Waals surface area contributed by atoms with Crippen LogP contribution in [0.2, 0.25) is 0 Å². The van der Waals surface area contributed by atoms with Crippen molar-refractivity contribution < 1.29 is 14.0 Å². The zero-order valence-electron chi connectivity index (χ0n) is 13.5. The number of anilines is 1. The first-order valence-electron chi connectivity index (χ1n) is 7.99. The molecule has 2 aromatic rings. The van der Waals surface area contributed by atoms with Crippen LogP contribution >= 0.6 is 0 Å². The summed E-state index contributed by atoms with van der Waals surface area (Å²) in [6, 6.07) is 12.1. The lowest BCUT2D eigenvalue weighted by Gasteiger charge is -2.29. The minimum Gasteiger partial charge on any atom is -0.343 e. The average Bonchev–Trinajstić information content (AvgIpc) is 2.61. The smallest absolute Gasteiger partial charge is 0.251 e. The Labute approximate surface area is 140 Å². The van der Waals surface area contributed by atoms with Crippen LogP contribution < -0.4 is 10.2 Å². The van der Waals surface area contributed by atoms with Crippen LogP contribution in [0.3, 0.4) is 0 Å². The summed E-state index contributed by atoms with van der Waals surface area (Å²) in [7, 11) is 0. The molecule has 1 N–H and O–H groups in total. The molecule has 0 saturated heterocycles. The van der Waals surface area contributed by atoms with Gasteiger partial charge in [0.15, 0.2) is 0 Å². The lowest BCUT2D eigenvalue weighted by molar-refractivity contribution is -0.117. The molecule has 0 aliphatic carbocycles. The SMILES string of the molecule is Cc1ccc(C(=O)NCC(=O)N2CCCc3ccccc32)cc1F. The summed E-state index contributed by atoms with van der Waals surface area (Å²) in [5, 5.41) is 2.58. The molecule has 24 heavy (non-hydrogen) atoms. The van der Waals surface area contributed by atoms with Gasteiger partial charge >= 0.3 is 0 Å². The molecule has 0 unspecified atom stereocenters. The fourth-order valence-electron chi connectivity index (χ4n) is 2.88. The van der Waals surface area contributed by atoms with Crippen molar-refractivity contribution in [3.05, 3.63) is 65.0 Å². The highest BCUT2D eigenvalue weighted by atomic mass is 19.1. The first kappa shape index (κ1) is 16.2. The topological polar surface area (TPSA) is 49.4 Å². The van der Waals surface area contributed by atoms with Crippen molar-refractivity contribution in [2.24, 2.45) is 0 Å². The molecule has 0 aromatic heterocycles. The van der Waals surface area contributed by atoms with Crippen molar-refractivity contribution in [2.75, 3.05) is 18.0 Å². The summed E-state index contributed by atoms with van der Waals surface area (Å²) in [5.74, 6) is -1.05. The lowest BCUT2D eigenvalue weighted by atomic mass is 10.0. The summed E-state index contributed by atoms with van der Waals surface area (Å²) in [6.45, 7) is 2.17. The van der Waals surface area contributed by atoms with Crippen molar-refractivity contribution in [1.29, 1.82) is 0 Å². The number of para-hydroxylation sites is 1. The van der Waals surface area contributed by atoms with E-state index in [1.807, 2.05) is 24.3 Å². The number of fused-ring (bicyclic) bond motifs is 1. The fraction of sp³-hybridized carbons (Fsp3) is 0.263. The van der Waals surface area contributed by atoms with Gasteiger partial charge in [-0.1, -0.05) is 24.3 Å². The van der Waals surface area contributed by atoms with Gasteiger partial charge in [0.2, 0.25) is 5.91 Å². The molecule has 4 nitrogen and oxygen atoms in total. The molecule has 1 aliphatic rings. The van der Waals surface area contributed by atoms with Gasteiger partial charge in [-0.05, 0) is 49.1 Å². The lowest BCUT2D eigenvalue weighted by Crippen LogP contribution is -2.42. The number of rotatable bonds is 3. The van der Waals surface area contributed by atoms with Gasteiger partial charge in [-0.3, -0.25) is 9.59 Å². The number of carbonyl (C=O) groups is 2. The molecule has 0 atom stereocenters. The third kappa shape index (κ3) is 3.30. The molecular formula is C19H19FN2O2. The molecule has 0 fully saturated rings. The number of carbonyl (C=O) groups excluding carboxylic acids is 2. The van der Waals surface area contributed by atoms with Gasteiger partial charge in [0.25, 0.3) is 5.91 Å². The predicted molar refractivity (Wildman–Crippen MR) is 90.6 cm³/mol. The second-order valence-electron chi connectivity index (χ2n) is 5.92. The molecule has 5 heteroatoms. The van der Waals surface area contributed by atoms with Crippen molar-refractivity contribution in [3.63, 3.8) is 0 Å². The maximum absolute atomic E-state index is 13.5. The average molecular weight is 326 g/mol. The van der Waals surface area contributed by atoms with Gasteiger partial charge < -0.3 is 10.2 Å². The summed E-state index contributed by atoms with van der Waals surface area (Å²) in [6.07, 6.45) is 1.86. The normalized spacial score (nSPS) is 13.3. The van der Waals surface area contributed by atoms with Crippen LogP contribution in [-0.2, 0) is 11.2 Å². The van der Waals surface area contributed by atoms with Crippen LogP contribution in [-0.4, -0.2) is 24.9 Å². The van der Waals surface area contributed by atoms with Crippen molar-refractivity contribution in [1.82, 2.24) is 5.32 Å². The molecule has 0 saturated carbocycles. The largest absolute Gasteiger partial charge is 0.343 e. The highest BCUT2D eigenvalue weighted by Crippen LogP contribution is 2.26. The molecule has 2 amide bonds. The maximum Gasteiger partial charge on any atom is 0.251 e. The van der Waals surface area contributed by atoms with E-state index in [4.69, 9.17) is 0 Å². The summed E-state index contributed by atoms with van der Waals surface area (Å²) in [4.78, 5) is 26.3. The van der Waals surface area contributed by atoms with Gasteiger partial charge in [0.05, 0.1) is 6.54 Å². The number of hydrogen-bond donors (Lipinski definition) is 1. The predicted octanol–water partition coefficient (Wildman–Crippen LogP) is 2.84. The van der Waals surface area contributed by atoms with Crippen LogP contribution in [0, 0.1) is 12.7 Å². The molecule has 3 rings (SSSR count). The Balaban J connectivity index is 1.66. The van der Waals surface area contributed by atoms with E-state index in [-0.39, 0.29) is 18.0 Å². The van der Waals surface area contributed by atoms with E-state index in [9.17, 15) is 14.0 Å². The van der Waals surface area contributed by atoms with E-state index in [1.165, 1.54) is 6.07 Å². The van der Waals surface area contributed by atoms with Crippen molar-refractivity contribution in [2.45, 2.75) is 19.8 Å². The molecule has 0 spiro atoms. The first-order chi connectivity index (χ1) is 11.6. The van der Waals surface area contributed by atoms with E-state index in [2.05, 4.69) is 5.32 Å². The van der Waals surface area contributed by atoms with Crippen LogP contribution in [0.5, 0.6) is 0 Å². The van der Waals surface area contributed by atoms with Crippen LogP contribution in [0.15, 0.2) is 42.5 Å². The Bertz CT molecular complexity index is 789. The maximum atomic E-state index is 13.5. The van der Waals surface area contributed by atoms with Gasteiger partial charge in [-0.25, -0.2) is 4.39 Å². The number of hydrogen-bond acceptors (Lipinski definition) is 2. The number of halogens is 1. The molecule has 124 valence electrons. The fourth-order valence-corrected chi connectivity index (χ4v) is 2.88. The monoisotopic (exact) mass is 326 g/mol. The standard InChI is InChI=1S/C19H19FN2O2/c1-13-8-9-15(11-16(13)20)19(24)21-12-18(23)22-10-4-6-14-5-2-3-7-17(14)22/h2-3,5,7-9,11H,4,6,10,12H2,1H3,(H,21,24). The Kier molecular flexibility index (Phi) is 4.60. The van der Waals surface area contributed by atoms with E-state index < -0.39 is 11.7 Å². The van der Waals surface area contributed by atoms with Crippen LogP contribution in [0.25, 0.3) is 0 Å². The first-order valence-corrected chi connectivity index (χ1v) is 7.99. The molecular weight excluding hydrogens is 307 g/mol. The van der Waals surface area contributed by atoms with Gasteiger partial charge in [-0.15, -0.1) is 0 Å². The quantitative estimate of drug-likeness (QED) is 0.943. The van der Waals surface area contributed by atoms with E-state index in [1.54, 1.807) is 24.0 Å².